The van der Waals surface area contributed by atoms with Crippen molar-refractivity contribution in [3.63, 3.8) is 0 Å². The quantitative estimate of drug-likeness (QED) is 0.838. The Hall–Kier alpha value is -1.10. The molecule has 1 saturated heterocycles. The molecule has 134 valence electrons. The van der Waals surface area contributed by atoms with E-state index in [4.69, 9.17) is 4.74 Å². The van der Waals surface area contributed by atoms with Gasteiger partial charge in [-0.3, -0.25) is 9.59 Å². The number of rotatable bonds is 5. The van der Waals surface area contributed by atoms with Gasteiger partial charge in [0.05, 0.1) is 12.0 Å². The molecule has 1 N–H and O–H groups in total. The fourth-order valence-corrected chi connectivity index (χ4v) is 4.91. The first-order valence-electron chi connectivity index (χ1n) is 9.85. The first kappa shape index (κ1) is 16.4. The average molecular weight is 334 g/mol. The van der Waals surface area contributed by atoms with E-state index < -0.39 is 0 Å². The minimum Gasteiger partial charge on any atom is -0.378 e. The van der Waals surface area contributed by atoms with Crippen LogP contribution in [-0.2, 0) is 14.3 Å². The Morgan fingerprint density at radius 3 is 2.58 bits per heavy atom. The number of nitrogens with one attached hydrogen (secondary N) is 1. The second kappa shape index (κ2) is 6.32. The summed E-state index contributed by atoms with van der Waals surface area (Å²) in [6.07, 6.45) is 8.84. The van der Waals surface area contributed by atoms with Crippen LogP contribution in [0.15, 0.2) is 0 Å². The topological polar surface area (TPSA) is 58.6 Å². The number of nitrogens with zero attached hydrogens (tertiary/aromatic N) is 1. The molecule has 0 unspecified atom stereocenters. The predicted molar refractivity (Wildman–Crippen MR) is 90.3 cm³/mol. The molecule has 1 spiro atoms. The second-order valence-electron chi connectivity index (χ2n) is 8.23. The first-order chi connectivity index (χ1) is 11.6. The van der Waals surface area contributed by atoms with Gasteiger partial charge in [0.1, 0.15) is 0 Å². The molecule has 0 radical (unpaired) electrons. The van der Waals surface area contributed by atoms with Crippen molar-refractivity contribution in [2.45, 2.75) is 70.4 Å². The monoisotopic (exact) mass is 334 g/mol. The van der Waals surface area contributed by atoms with E-state index in [1.165, 1.54) is 19.3 Å². The van der Waals surface area contributed by atoms with Crippen molar-refractivity contribution < 1.29 is 14.3 Å². The molecule has 3 aliphatic carbocycles. The highest BCUT2D eigenvalue weighted by atomic mass is 16.5. The van der Waals surface area contributed by atoms with Crippen molar-refractivity contribution in [1.29, 1.82) is 0 Å². The highest BCUT2D eigenvalue weighted by Gasteiger charge is 2.59. The smallest absolute Gasteiger partial charge is 0.225 e. The van der Waals surface area contributed by atoms with Crippen molar-refractivity contribution in [3.8, 4) is 0 Å². The largest absolute Gasteiger partial charge is 0.378 e. The van der Waals surface area contributed by atoms with E-state index in [-0.39, 0.29) is 35.1 Å². The highest BCUT2D eigenvalue weighted by Crippen LogP contribution is 2.57. The minimum absolute atomic E-state index is 0.0234. The van der Waals surface area contributed by atoms with Crippen LogP contribution in [0.4, 0.5) is 0 Å². The average Bonchev–Trinajstić information content (AvgIpc) is 3.36. The zero-order chi connectivity index (χ0) is 16.7. The van der Waals surface area contributed by atoms with Gasteiger partial charge < -0.3 is 15.0 Å². The van der Waals surface area contributed by atoms with Gasteiger partial charge in [0.15, 0.2) is 0 Å². The van der Waals surface area contributed by atoms with Crippen molar-refractivity contribution in [1.82, 2.24) is 10.2 Å². The third-order valence-corrected chi connectivity index (χ3v) is 6.78. The molecule has 3 saturated carbocycles. The van der Waals surface area contributed by atoms with Crippen molar-refractivity contribution >= 4 is 11.8 Å². The summed E-state index contributed by atoms with van der Waals surface area (Å²) in [7, 11) is 0. The summed E-state index contributed by atoms with van der Waals surface area (Å²) in [6.45, 7) is 4.26. The summed E-state index contributed by atoms with van der Waals surface area (Å²) in [6, 6.07) is 0.282. The van der Waals surface area contributed by atoms with E-state index in [0.717, 1.165) is 45.3 Å². The van der Waals surface area contributed by atoms with E-state index in [9.17, 15) is 9.59 Å². The lowest BCUT2D eigenvalue weighted by atomic mass is 9.51. The summed E-state index contributed by atoms with van der Waals surface area (Å²) < 4.78 is 5.87. The van der Waals surface area contributed by atoms with Crippen molar-refractivity contribution in [3.05, 3.63) is 0 Å². The van der Waals surface area contributed by atoms with Crippen molar-refractivity contribution in [2.24, 2.45) is 17.3 Å². The van der Waals surface area contributed by atoms with E-state index in [0.29, 0.717) is 12.6 Å². The van der Waals surface area contributed by atoms with Gasteiger partial charge >= 0.3 is 0 Å². The first-order valence-corrected chi connectivity index (χ1v) is 9.85. The van der Waals surface area contributed by atoms with E-state index in [1.807, 2.05) is 11.8 Å². The molecule has 2 amide bonds. The molecule has 5 nitrogen and oxygen atoms in total. The van der Waals surface area contributed by atoms with E-state index in [2.05, 4.69) is 5.32 Å². The maximum absolute atomic E-state index is 12.8. The zero-order valence-corrected chi connectivity index (χ0v) is 14.8. The maximum Gasteiger partial charge on any atom is 0.225 e. The predicted octanol–water partition coefficient (Wildman–Crippen LogP) is 2.10. The van der Waals surface area contributed by atoms with Crippen LogP contribution in [0.1, 0.15) is 58.3 Å². The number of ether oxygens (including phenoxy) is 1. The van der Waals surface area contributed by atoms with Crippen LogP contribution >= 0.6 is 0 Å². The van der Waals surface area contributed by atoms with Gasteiger partial charge in [-0.05, 0) is 51.9 Å². The minimum atomic E-state index is -0.0234. The van der Waals surface area contributed by atoms with Gasteiger partial charge in [0.25, 0.3) is 0 Å². The highest BCUT2D eigenvalue weighted by molar-refractivity contribution is 5.83. The Balaban J connectivity index is 1.32. The molecule has 5 heteroatoms. The number of carbonyl (C=O) groups excluding carboxylic acids is 2. The molecule has 1 heterocycles. The molecule has 0 bridgehead atoms. The van der Waals surface area contributed by atoms with Gasteiger partial charge in [-0.25, -0.2) is 0 Å². The van der Waals surface area contributed by atoms with Crippen LogP contribution in [0.5, 0.6) is 0 Å². The van der Waals surface area contributed by atoms with Gasteiger partial charge in [0, 0.05) is 37.1 Å². The third kappa shape index (κ3) is 2.75. The zero-order valence-electron chi connectivity index (χ0n) is 14.8. The Labute approximate surface area is 144 Å². The second-order valence-corrected chi connectivity index (χ2v) is 8.23. The lowest BCUT2D eigenvalue weighted by Gasteiger charge is -2.61. The number of amides is 2. The lowest BCUT2D eigenvalue weighted by molar-refractivity contribution is -0.177. The van der Waals surface area contributed by atoms with Crippen LogP contribution in [0, 0.1) is 17.3 Å². The molecule has 4 rings (SSSR count). The molecule has 0 aromatic heterocycles. The van der Waals surface area contributed by atoms with Gasteiger partial charge in [0.2, 0.25) is 11.8 Å². The Morgan fingerprint density at radius 2 is 1.96 bits per heavy atom. The number of carbonyl (C=O) groups is 2. The van der Waals surface area contributed by atoms with E-state index >= 15 is 0 Å². The maximum atomic E-state index is 12.8. The molecule has 24 heavy (non-hydrogen) atoms. The summed E-state index contributed by atoms with van der Waals surface area (Å²) in [5.74, 6) is 0.672. The summed E-state index contributed by atoms with van der Waals surface area (Å²) in [4.78, 5) is 27.0. The van der Waals surface area contributed by atoms with Gasteiger partial charge in [-0.2, -0.15) is 0 Å². The van der Waals surface area contributed by atoms with E-state index in [1.54, 1.807) is 0 Å². The molecular weight excluding hydrogens is 304 g/mol. The van der Waals surface area contributed by atoms with Crippen LogP contribution < -0.4 is 5.32 Å². The number of likely N-dealkylation sites (tertiary alicyclic amines) is 1. The molecule has 0 aromatic rings. The third-order valence-electron chi connectivity index (χ3n) is 6.78. The van der Waals surface area contributed by atoms with Crippen LogP contribution in [0.2, 0.25) is 0 Å². The molecule has 1 aliphatic heterocycles. The summed E-state index contributed by atoms with van der Waals surface area (Å²) in [5, 5.41) is 3.31. The van der Waals surface area contributed by atoms with Crippen LogP contribution in [0.25, 0.3) is 0 Å². The SMILES string of the molecule is CCO[C@@H]1C[C@@H](NC(=O)[C@@H]2CCCN(C(=O)C3CC3)C2)C12CCC2. The standard InChI is InChI=1S/C19H30N2O3/c1-2-24-16-11-15(19(16)8-4-9-19)20-17(22)14-5-3-10-21(12-14)18(23)13-6-7-13/h13-16H,2-12H2,1H3,(H,20,22)/t14-,15-,16-/m1/s1. The Bertz CT molecular complexity index is 513. The number of hydrogen-bond donors (Lipinski definition) is 1. The molecule has 4 fully saturated rings. The van der Waals surface area contributed by atoms with Crippen LogP contribution in [-0.4, -0.2) is 48.6 Å². The summed E-state index contributed by atoms with van der Waals surface area (Å²) in [5.41, 5.74) is 0.212. The fraction of sp³-hybridized carbons (Fsp3) is 0.895. The molecule has 4 aliphatic rings. The fourth-order valence-electron chi connectivity index (χ4n) is 4.91. The lowest BCUT2D eigenvalue weighted by Crippen LogP contribution is -2.68. The van der Waals surface area contributed by atoms with Crippen molar-refractivity contribution in [2.75, 3.05) is 19.7 Å². The Kier molecular flexibility index (Phi) is 4.31. The number of piperidine rings is 1. The Morgan fingerprint density at radius 1 is 1.17 bits per heavy atom. The molecular formula is C19H30N2O3. The van der Waals surface area contributed by atoms with Gasteiger partial charge in [-0.1, -0.05) is 6.42 Å². The van der Waals surface area contributed by atoms with Crippen LogP contribution in [0.3, 0.4) is 0 Å². The summed E-state index contributed by atoms with van der Waals surface area (Å²) >= 11 is 0. The molecule has 3 atom stereocenters. The molecule has 0 aromatic carbocycles. The van der Waals surface area contributed by atoms with Gasteiger partial charge in [-0.15, -0.1) is 0 Å². The normalized spacial score (nSPS) is 34.4. The number of hydrogen-bond acceptors (Lipinski definition) is 3.